The Kier molecular flexibility index (Phi) is 5.71. The Hall–Kier alpha value is -3.52. The van der Waals surface area contributed by atoms with E-state index in [2.05, 4.69) is 6.92 Å². The molecule has 2 aliphatic heterocycles. The number of rotatable bonds is 6. The van der Waals surface area contributed by atoms with E-state index in [0.29, 0.717) is 16.9 Å². The second-order valence-corrected chi connectivity index (χ2v) is 11.0. The van der Waals surface area contributed by atoms with Crippen LogP contribution >= 0.6 is 0 Å². The van der Waals surface area contributed by atoms with Crippen LogP contribution in [-0.2, 0) is 37.3 Å². The number of aryl methyl sites for hydroxylation is 1. The van der Waals surface area contributed by atoms with Crippen molar-refractivity contribution in [3.63, 3.8) is 0 Å². The first-order valence-corrected chi connectivity index (χ1v) is 13.2. The fourth-order valence-electron chi connectivity index (χ4n) is 5.01. The SMILES string of the molecule is CCCCc1ccc(N2C(=O)CS(=O)(=O)C23C(=O)N(Cc2ccc(F)cc2)c2ccccc23)cc1. The highest BCUT2D eigenvalue weighted by Gasteiger charge is 2.69. The van der Waals surface area contributed by atoms with Gasteiger partial charge in [0.05, 0.1) is 12.2 Å². The summed E-state index contributed by atoms with van der Waals surface area (Å²) in [4.78, 5) is 27.6. The van der Waals surface area contributed by atoms with Gasteiger partial charge in [-0.1, -0.05) is 55.8 Å². The van der Waals surface area contributed by atoms with Gasteiger partial charge in [0, 0.05) is 11.3 Å². The third-order valence-electron chi connectivity index (χ3n) is 6.69. The van der Waals surface area contributed by atoms with Crippen LogP contribution in [0.5, 0.6) is 0 Å². The summed E-state index contributed by atoms with van der Waals surface area (Å²) in [5.74, 6) is -2.51. The van der Waals surface area contributed by atoms with Crippen LogP contribution in [0, 0.1) is 5.82 Å². The molecule has 0 aromatic heterocycles. The number of hydrogen-bond donors (Lipinski definition) is 0. The van der Waals surface area contributed by atoms with Gasteiger partial charge >= 0.3 is 0 Å². The van der Waals surface area contributed by atoms with E-state index in [1.807, 2.05) is 12.1 Å². The molecule has 0 aliphatic carbocycles. The van der Waals surface area contributed by atoms with Gasteiger partial charge in [0.15, 0.2) is 9.84 Å². The highest BCUT2D eigenvalue weighted by atomic mass is 32.2. The first kappa shape index (κ1) is 23.2. The molecule has 2 amide bonds. The molecule has 5 rings (SSSR count). The van der Waals surface area contributed by atoms with Gasteiger partial charge in [-0.25, -0.2) is 12.8 Å². The fourth-order valence-corrected chi connectivity index (χ4v) is 7.05. The van der Waals surface area contributed by atoms with Gasteiger partial charge in [-0.05, 0) is 54.3 Å². The fraction of sp³-hybridized carbons (Fsp3) is 0.259. The lowest BCUT2D eigenvalue weighted by Gasteiger charge is -2.32. The van der Waals surface area contributed by atoms with E-state index in [0.717, 1.165) is 29.7 Å². The number of fused-ring (bicyclic) bond motifs is 2. The lowest BCUT2D eigenvalue weighted by Crippen LogP contribution is -2.54. The number of amides is 2. The molecule has 2 heterocycles. The zero-order valence-electron chi connectivity index (χ0n) is 19.3. The van der Waals surface area contributed by atoms with E-state index in [1.165, 1.54) is 17.0 Å². The molecule has 0 saturated carbocycles. The van der Waals surface area contributed by atoms with Gasteiger partial charge in [-0.2, -0.15) is 0 Å². The van der Waals surface area contributed by atoms with Crippen molar-refractivity contribution in [2.24, 2.45) is 0 Å². The number of hydrogen-bond acceptors (Lipinski definition) is 4. The lowest BCUT2D eigenvalue weighted by atomic mass is 10.0. The third-order valence-corrected chi connectivity index (χ3v) is 8.79. The maximum Gasteiger partial charge on any atom is 0.274 e. The molecule has 35 heavy (non-hydrogen) atoms. The third kappa shape index (κ3) is 3.55. The Balaban J connectivity index is 1.64. The van der Waals surface area contributed by atoms with Crippen molar-refractivity contribution in [3.8, 4) is 0 Å². The maximum atomic E-state index is 14.1. The molecule has 1 unspecified atom stereocenters. The van der Waals surface area contributed by atoms with E-state index in [-0.39, 0.29) is 12.1 Å². The van der Waals surface area contributed by atoms with Gasteiger partial charge in [0.25, 0.3) is 10.8 Å². The van der Waals surface area contributed by atoms with Crippen LogP contribution in [0.4, 0.5) is 15.8 Å². The van der Waals surface area contributed by atoms with Crippen molar-refractivity contribution in [1.29, 1.82) is 0 Å². The number of unbranched alkanes of at least 4 members (excludes halogenated alkanes) is 1. The van der Waals surface area contributed by atoms with Gasteiger partial charge < -0.3 is 4.90 Å². The van der Waals surface area contributed by atoms with Gasteiger partial charge in [-0.3, -0.25) is 14.5 Å². The molecule has 8 heteroatoms. The van der Waals surface area contributed by atoms with Crippen molar-refractivity contribution in [1.82, 2.24) is 0 Å². The Labute approximate surface area is 203 Å². The minimum absolute atomic E-state index is 0.0470. The highest BCUT2D eigenvalue weighted by Crippen LogP contribution is 2.52. The van der Waals surface area contributed by atoms with E-state index >= 15 is 0 Å². The zero-order valence-corrected chi connectivity index (χ0v) is 20.1. The van der Waals surface area contributed by atoms with Crippen molar-refractivity contribution in [3.05, 3.63) is 95.3 Å². The Morgan fingerprint density at radius 1 is 0.914 bits per heavy atom. The van der Waals surface area contributed by atoms with Crippen LogP contribution < -0.4 is 9.80 Å². The summed E-state index contributed by atoms with van der Waals surface area (Å²) in [6, 6.07) is 19.5. The number of para-hydroxylation sites is 1. The average molecular weight is 493 g/mol. The second kappa shape index (κ2) is 8.61. The van der Waals surface area contributed by atoms with Crippen LogP contribution in [0.2, 0.25) is 0 Å². The molecular formula is C27H25FN2O4S. The molecule has 1 saturated heterocycles. The van der Waals surface area contributed by atoms with E-state index < -0.39 is 38.1 Å². The van der Waals surface area contributed by atoms with Crippen LogP contribution in [0.15, 0.2) is 72.8 Å². The summed E-state index contributed by atoms with van der Waals surface area (Å²) >= 11 is 0. The van der Waals surface area contributed by atoms with E-state index in [1.54, 1.807) is 48.5 Å². The summed E-state index contributed by atoms with van der Waals surface area (Å²) in [5.41, 5.74) is 2.76. The summed E-state index contributed by atoms with van der Waals surface area (Å²) < 4.78 is 40.7. The maximum absolute atomic E-state index is 14.1. The standard InChI is InChI=1S/C27H25FN2O4S/c1-2-3-6-19-11-15-22(16-12-19)30-25(31)18-35(33,34)27(30)23-7-4-5-8-24(23)29(26(27)32)17-20-9-13-21(28)14-10-20/h4-5,7-16H,2-3,6,17-18H2,1H3. The van der Waals surface area contributed by atoms with Gasteiger partial charge in [-0.15, -0.1) is 0 Å². The topological polar surface area (TPSA) is 74.8 Å². The lowest BCUT2D eigenvalue weighted by molar-refractivity contribution is -0.123. The average Bonchev–Trinajstić information content (AvgIpc) is 3.22. The largest absolute Gasteiger partial charge is 0.304 e. The molecule has 6 nitrogen and oxygen atoms in total. The molecule has 1 atom stereocenters. The Morgan fingerprint density at radius 3 is 2.26 bits per heavy atom. The normalized spacial score (nSPS) is 20.6. The van der Waals surface area contributed by atoms with E-state index in [4.69, 9.17) is 0 Å². The van der Waals surface area contributed by atoms with Gasteiger partial charge in [0.1, 0.15) is 11.6 Å². The number of benzene rings is 3. The van der Waals surface area contributed by atoms with Crippen LogP contribution in [0.1, 0.15) is 36.5 Å². The molecule has 3 aromatic carbocycles. The molecule has 1 fully saturated rings. The smallest absolute Gasteiger partial charge is 0.274 e. The number of carbonyl (C=O) groups excluding carboxylic acids is 2. The number of sulfone groups is 1. The van der Waals surface area contributed by atoms with Crippen LogP contribution in [0.25, 0.3) is 0 Å². The first-order valence-electron chi connectivity index (χ1n) is 11.6. The molecule has 0 N–H and O–H groups in total. The van der Waals surface area contributed by atoms with Crippen molar-refractivity contribution < 1.29 is 22.4 Å². The molecule has 0 radical (unpaired) electrons. The Bertz CT molecular complexity index is 1400. The van der Waals surface area contributed by atoms with Crippen molar-refractivity contribution in [2.45, 2.75) is 37.6 Å². The van der Waals surface area contributed by atoms with Crippen molar-refractivity contribution >= 4 is 33.0 Å². The van der Waals surface area contributed by atoms with Crippen molar-refractivity contribution in [2.75, 3.05) is 15.6 Å². The minimum atomic E-state index is -4.23. The summed E-state index contributed by atoms with van der Waals surface area (Å²) in [5, 5.41) is 0. The zero-order chi connectivity index (χ0) is 24.8. The number of nitrogens with zero attached hydrogens (tertiary/aromatic N) is 2. The summed E-state index contributed by atoms with van der Waals surface area (Å²) in [6.45, 7) is 2.15. The number of carbonyl (C=O) groups is 2. The molecule has 3 aromatic rings. The summed E-state index contributed by atoms with van der Waals surface area (Å²) in [6.07, 6.45) is 2.94. The highest BCUT2D eigenvalue weighted by molar-refractivity contribution is 7.94. The van der Waals surface area contributed by atoms with Crippen LogP contribution in [0.3, 0.4) is 0 Å². The predicted molar refractivity (Wildman–Crippen MR) is 132 cm³/mol. The predicted octanol–water partition coefficient (Wildman–Crippen LogP) is 4.33. The minimum Gasteiger partial charge on any atom is -0.304 e. The quantitative estimate of drug-likeness (QED) is 0.513. The van der Waals surface area contributed by atoms with Crippen LogP contribution in [-0.4, -0.2) is 26.0 Å². The number of halogens is 1. The second-order valence-electron chi connectivity index (χ2n) is 8.94. The molecule has 180 valence electrons. The molecule has 0 bridgehead atoms. The number of anilines is 2. The Morgan fingerprint density at radius 2 is 1.57 bits per heavy atom. The van der Waals surface area contributed by atoms with Gasteiger partial charge in [0.2, 0.25) is 5.91 Å². The first-order chi connectivity index (χ1) is 16.8. The summed E-state index contributed by atoms with van der Waals surface area (Å²) in [7, 11) is -4.23. The monoisotopic (exact) mass is 492 g/mol. The van der Waals surface area contributed by atoms with E-state index in [9.17, 15) is 22.4 Å². The molecule has 2 aliphatic rings. The molecular weight excluding hydrogens is 467 g/mol. The molecule has 1 spiro atoms.